The topological polar surface area (TPSA) is 29.3 Å². The molecular formula is C18H20N2O. The number of fused-ring (bicyclic) bond motifs is 1. The monoisotopic (exact) mass is 280 g/mol. The smallest absolute Gasteiger partial charge is 0.243 e. The molecule has 0 saturated heterocycles. The number of nitrogens with zero attached hydrogens (tertiary/aromatic N) is 2. The van der Waals surface area contributed by atoms with Crippen molar-refractivity contribution in [2.75, 3.05) is 11.9 Å². The first kappa shape index (κ1) is 13.7. The van der Waals surface area contributed by atoms with Crippen LogP contribution in [0.5, 0.6) is 0 Å². The fourth-order valence-corrected chi connectivity index (χ4v) is 2.81. The van der Waals surface area contributed by atoms with Crippen LogP contribution in [0.1, 0.15) is 30.5 Å². The third-order valence-corrected chi connectivity index (χ3v) is 4.34. The van der Waals surface area contributed by atoms with Gasteiger partial charge in [-0.2, -0.15) is 4.74 Å². The minimum absolute atomic E-state index is 0.618. The maximum absolute atomic E-state index is 13.0. The second-order valence-electron chi connectivity index (χ2n) is 6.08. The summed E-state index contributed by atoms with van der Waals surface area (Å²) >= 11 is 0. The fraction of sp³-hybridized carbons (Fsp3) is 0.278. The zero-order valence-electron chi connectivity index (χ0n) is 12.9. The van der Waals surface area contributed by atoms with Gasteiger partial charge in [-0.3, -0.25) is 0 Å². The van der Waals surface area contributed by atoms with E-state index in [-0.39, 0.29) is 0 Å². The zero-order valence-corrected chi connectivity index (χ0v) is 12.9. The lowest BCUT2D eigenvalue weighted by Crippen LogP contribution is -2.54. The molecule has 0 aliphatic carbocycles. The minimum atomic E-state index is -0.618. The molecule has 0 fully saturated rings. The van der Waals surface area contributed by atoms with Gasteiger partial charge in [0.2, 0.25) is 11.4 Å². The summed E-state index contributed by atoms with van der Waals surface area (Å²) in [6, 6.07) is 16.2. The Morgan fingerprint density at radius 3 is 2.38 bits per heavy atom. The lowest BCUT2D eigenvalue weighted by atomic mass is 9.94. The predicted molar refractivity (Wildman–Crippen MR) is 86.9 cm³/mol. The van der Waals surface area contributed by atoms with Crippen molar-refractivity contribution in [2.45, 2.75) is 26.4 Å². The molecule has 2 aromatic rings. The van der Waals surface area contributed by atoms with E-state index in [1.54, 1.807) is 0 Å². The molecule has 21 heavy (non-hydrogen) atoms. The van der Waals surface area contributed by atoms with Crippen molar-refractivity contribution >= 4 is 11.4 Å². The molecule has 0 atom stereocenters. The van der Waals surface area contributed by atoms with Crippen LogP contribution in [-0.2, 0) is 0 Å². The number of anilines is 1. The summed E-state index contributed by atoms with van der Waals surface area (Å²) < 4.78 is 1.13. The molecule has 0 unspecified atom stereocenters. The molecule has 1 aliphatic rings. The Labute approximate surface area is 125 Å². The Hall–Kier alpha value is -2.29. The summed E-state index contributed by atoms with van der Waals surface area (Å²) in [4.78, 5) is 2.04. The molecule has 0 aromatic heterocycles. The van der Waals surface area contributed by atoms with E-state index in [1.807, 2.05) is 56.1 Å². The standard InChI is InChI=1S/C18H20N2O/c1-13-10-11-16-15(12-13)17(14-8-6-5-7-9-14)20(21)18(2,3)19(16)4/h5-12H,1-4H3. The number of hydrogen-bond donors (Lipinski definition) is 0. The van der Waals surface area contributed by atoms with E-state index in [0.29, 0.717) is 0 Å². The molecule has 0 spiro atoms. The van der Waals surface area contributed by atoms with Crippen LogP contribution < -0.4 is 4.90 Å². The van der Waals surface area contributed by atoms with Crippen LogP contribution in [0.15, 0.2) is 48.5 Å². The summed E-state index contributed by atoms with van der Waals surface area (Å²) in [5.74, 6) is 0. The van der Waals surface area contributed by atoms with Gasteiger partial charge in [-0.1, -0.05) is 29.8 Å². The van der Waals surface area contributed by atoms with E-state index in [0.717, 1.165) is 32.8 Å². The second-order valence-corrected chi connectivity index (χ2v) is 6.08. The quantitative estimate of drug-likeness (QED) is 0.591. The zero-order chi connectivity index (χ0) is 15.2. The normalized spacial score (nSPS) is 16.9. The molecule has 1 aliphatic heterocycles. The number of benzene rings is 2. The van der Waals surface area contributed by atoms with Crippen molar-refractivity contribution in [1.29, 1.82) is 0 Å². The molecule has 3 heteroatoms. The summed E-state index contributed by atoms with van der Waals surface area (Å²) in [5.41, 5.74) is 4.34. The van der Waals surface area contributed by atoms with E-state index in [1.165, 1.54) is 0 Å². The van der Waals surface area contributed by atoms with Gasteiger partial charge in [-0.15, -0.1) is 0 Å². The highest BCUT2D eigenvalue weighted by molar-refractivity contribution is 6.14. The Morgan fingerprint density at radius 1 is 1.05 bits per heavy atom. The van der Waals surface area contributed by atoms with Crippen LogP contribution in [0.3, 0.4) is 0 Å². The van der Waals surface area contributed by atoms with Crippen molar-refractivity contribution in [3.05, 3.63) is 70.4 Å². The van der Waals surface area contributed by atoms with Crippen molar-refractivity contribution in [1.82, 2.24) is 0 Å². The van der Waals surface area contributed by atoms with Gasteiger partial charge in [-0.25, -0.2) is 0 Å². The third kappa shape index (κ3) is 2.00. The molecule has 108 valence electrons. The SMILES string of the molecule is Cc1ccc2c(c1)C(c1ccccc1)=[N+]([O-])C(C)(C)N2C. The van der Waals surface area contributed by atoms with Gasteiger partial charge in [-0.05, 0) is 31.2 Å². The van der Waals surface area contributed by atoms with Crippen LogP contribution in [0.25, 0.3) is 0 Å². The second kappa shape index (κ2) is 4.62. The lowest BCUT2D eigenvalue weighted by molar-refractivity contribution is -0.539. The van der Waals surface area contributed by atoms with Crippen LogP contribution in [-0.4, -0.2) is 23.2 Å². The molecule has 3 rings (SSSR count). The molecule has 0 radical (unpaired) electrons. The molecule has 0 saturated carbocycles. The van der Waals surface area contributed by atoms with Crippen molar-refractivity contribution in [3.63, 3.8) is 0 Å². The van der Waals surface area contributed by atoms with Crippen LogP contribution >= 0.6 is 0 Å². The number of hydrogen-bond acceptors (Lipinski definition) is 2. The van der Waals surface area contributed by atoms with E-state index in [2.05, 4.69) is 25.1 Å². The number of rotatable bonds is 1. The first-order chi connectivity index (χ1) is 9.93. The Kier molecular flexibility index (Phi) is 3.01. The maximum atomic E-state index is 13.0. The highest BCUT2D eigenvalue weighted by atomic mass is 16.5. The van der Waals surface area contributed by atoms with E-state index in [4.69, 9.17) is 0 Å². The summed E-state index contributed by atoms with van der Waals surface area (Å²) in [7, 11) is 1.97. The first-order valence-corrected chi connectivity index (χ1v) is 7.17. The van der Waals surface area contributed by atoms with E-state index >= 15 is 0 Å². The molecule has 2 aromatic carbocycles. The van der Waals surface area contributed by atoms with Crippen LogP contribution in [0.4, 0.5) is 5.69 Å². The Balaban J connectivity index is 2.35. The van der Waals surface area contributed by atoms with E-state index in [9.17, 15) is 5.21 Å². The number of hydroxylamine groups is 1. The van der Waals surface area contributed by atoms with E-state index < -0.39 is 5.66 Å². The van der Waals surface area contributed by atoms with Crippen molar-refractivity contribution in [3.8, 4) is 0 Å². The molecule has 3 nitrogen and oxygen atoms in total. The van der Waals surface area contributed by atoms with Gasteiger partial charge >= 0.3 is 0 Å². The maximum Gasteiger partial charge on any atom is 0.243 e. The Morgan fingerprint density at radius 2 is 1.71 bits per heavy atom. The summed E-state index contributed by atoms with van der Waals surface area (Å²) in [6.07, 6.45) is 0. The molecule has 0 bridgehead atoms. The van der Waals surface area contributed by atoms with Gasteiger partial charge in [0, 0.05) is 26.5 Å². The minimum Gasteiger partial charge on any atom is -0.622 e. The largest absolute Gasteiger partial charge is 0.622 e. The van der Waals surface area contributed by atoms with Crippen LogP contribution in [0, 0.1) is 12.1 Å². The van der Waals surface area contributed by atoms with Crippen molar-refractivity contribution in [2.24, 2.45) is 0 Å². The molecule has 0 N–H and O–H groups in total. The average molecular weight is 280 g/mol. The highest BCUT2D eigenvalue weighted by Gasteiger charge is 2.41. The van der Waals surface area contributed by atoms with Gasteiger partial charge in [0.15, 0.2) is 0 Å². The van der Waals surface area contributed by atoms with Gasteiger partial charge in [0.05, 0.1) is 11.3 Å². The molecule has 0 amide bonds. The number of aryl methyl sites for hydroxylation is 1. The predicted octanol–water partition coefficient (Wildman–Crippen LogP) is 3.53. The van der Waals surface area contributed by atoms with Gasteiger partial charge < -0.3 is 10.1 Å². The fourth-order valence-electron chi connectivity index (χ4n) is 2.81. The average Bonchev–Trinajstić information content (AvgIpc) is 2.47. The lowest BCUT2D eigenvalue weighted by Gasteiger charge is -2.40. The van der Waals surface area contributed by atoms with Crippen molar-refractivity contribution < 1.29 is 4.74 Å². The summed E-state index contributed by atoms with van der Waals surface area (Å²) in [6.45, 7) is 5.95. The Bertz CT molecular complexity index is 717. The third-order valence-electron chi connectivity index (χ3n) is 4.34. The molecule has 1 heterocycles. The first-order valence-electron chi connectivity index (χ1n) is 7.17. The highest BCUT2D eigenvalue weighted by Crippen LogP contribution is 2.34. The van der Waals surface area contributed by atoms with Gasteiger partial charge in [0.1, 0.15) is 0 Å². The summed E-state index contributed by atoms with van der Waals surface area (Å²) in [5, 5.41) is 13.0. The van der Waals surface area contributed by atoms with Gasteiger partial charge in [0.25, 0.3) is 0 Å². The molecular weight excluding hydrogens is 260 g/mol. The van der Waals surface area contributed by atoms with Crippen LogP contribution in [0.2, 0.25) is 0 Å².